The van der Waals surface area contributed by atoms with Gasteiger partial charge in [-0.05, 0) is 30.7 Å². The molecule has 0 bridgehead atoms. The van der Waals surface area contributed by atoms with Crippen LogP contribution in [-0.2, 0) is 9.59 Å². The highest BCUT2D eigenvalue weighted by Gasteiger charge is 2.37. The van der Waals surface area contributed by atoms with E-state index in [1.807, 2.05) is 31.2 Å². The Hall–Kier alpha value is -2.02. The van der Waals surface area contributed by atoms with Crippen molar-refractivity contribution < 1.29 is 9.59 Å². The molecule has 27 heavy (non-hydrogen) atoms. The van der Waals surface area contributed by atoms with Gasteiger partial charge in [0, 0.05) is 19.2 Å². The Morgan fingerprint density at radius 1 is 1.22 bits per heavy atom. The van der Waals surface area contributed by atoms with Crippen LogP contribution in [0.2, 0.25) is 10.0 Å². The molecule has 8 heteroatoms. The van der Waals surface area contributed by atoms with E-state index >= 15 is 0 Å². The number of thioether (sulfide) groups is 1. The van der Waals surface area contributed by atoms with Gasteiger partial charge in [-0.15, -0.1) is 0 Å². The number of aliphatic imine (C=N–C) groups is 1. The second-order valence-corrected chi connectivity index (χ2v) is 7.99. The topological polar surface area (TPSA) is 61.8 Å². The summed E-state index contributed by atoms with van der Waals surface area (Å²) >= 11 is 13.4. The van der Waals surface area contributed by atoms with Crippen molar-refractivity contribution in [2.45, 2.75) is 18.6 Å². The van der Waals surface area contributed by atoms with E-state index in [-0.39, 0.29) is 18.2 Å². The number of carbonyl (C=O) groups excluding carboxylic acids is 2. The number of aryl methyl sites for hydroxylation is 1. The second kappa shape index (κ2) is 8.33. The Bertz CT molecular complexity index is 933. The van der Waals surface area contributed by atoms with Crippen molar-refractivity contribution >= 4 is 63.3 Å². The third kappa shape index (κ3) is 4.46. The van der Waals surface area contributed by atoms with E-state index in [4.69, 9.17) is 23.2 Å². The lowest BCUT2D eigenvalue weighted by molar-refractivity contribution is -0.127. The molecule has 2 aromatic rings. The minimum Gasteiger partial charge on any atom is -0.326 e. The molecule has 0 saturated carbocycles. The normalized spacial score (nSPS) is 18.2. The zero-order valence-electron chi connectivity index (χ0n) is 14.7. The summed E-state index contributed by atoms with van der Waals surface area (Å²) in [6, 6.07) is 12.6. The number of nitrogens with zero attached hydrogens (tertiary/aromatic N) is 2. The number of amides is 2. The lowest BCUT2D eigenvalue weighted by Crippen LogP contribution is -2.30. The molecule has 1 heterocycles. The van der Waals surface area contributed by atoms with E-state index in [1.165, 1.54) is 16.7 Å². The van der Waals surface area contributed by atoms with E-state index in [1.54, 1.807) is 25.2 Å². The number of carbonyl (C=O) groups is 2. The maximum Gasteiger partial charge on any atom is 0.242 e. The molecule has 5 nitrogen and oxygen atoms in total. The van der Waals surface area contributed by atoms with Gasteiger partial charge in [-0.25, -0.2) is 4.99 Å². The summed E-state index contributed by atoms with van der Waals surface area (Å²) in [5.41, 5.74) is 2.19. The summed E-state index contributed by atoms with van der Waals surface area (Å²) in [4.78, 5) is 30.7. The smallest absolute Gasteiger partial charge is 0.242 e. The van der Waals surface area contributed by atoms with Gasteiger partial charge in [-0.2, -0.15) is 0 Å². The number of halogens is 2. The van der Waals surface area contributed by atoms with Crippen molar-refractivity contribution in [3.8, 4) is 0 Å². The van der Waals surface area contributed by atoms with Crippen LogP contribution >= 0.6 is 35.0 Å². The molecule has 0 aliphatic carbocycles. The molecule has 0 radical (unpaired) electrons. The molecule has 1 aliphatic heterocycles. The fraction of sp³-hybridized carbons (Fsp3) is 0.211. The van der Waals surface area contributed by atoms with E-state index in [9.17, 15) is 9.59 Å². The van der Waals surface area contributed by atoms with Gasteiger partial charge in [0.1, 0.15) is 5.25 Å². The quantitative estimate of drug-likeness (QED) is 0.763. The number of para-hydroxylation sites is 1. The standard InChI is InChI=1S/C19H17Cl2N3O2S/c1-11-6-3-4-8-13(11)22-16(25)10-15-18(26)24(2)19(27-15)23-14-9-5-7-12(20)17(14)21/h3-9,15H,10H2,1-2H3,(H,22,25). The summed E-state index contributed by atoms with van der Waals surface area (Å²) in [6.07, 6.45) is 0.0600. The summed E-state index contributed by atoms with van der Waals surface area (Å²) in [7, 11) is 1.63. The monoisotopic (exact) mass is 421 g/mol. The largest absolute Gasteiger partial charge is 0.326 e. The van der Waals surface area contributed by atoms with Crippen molar-refractivity contribution in [3.05, 3.63) is 58.1 Å². The Morgan fingerprint density at radius 2 is 1.96 bits per heavy atom. The minimum atomic E-state index is -0.532. The van der Waals surface area contributed by atoms with Gasteiger partial charge in [-0.3, -0.25) is 14.5 Å². The number of hydrogen-bond donors (Lipinski definition) is 1. The van der Waals surface area contributed by atoms with E-state index < -0.39 is 5.25 Å². The van der Waals surface area contributed by atoms with Gasteiger partial charge >= 0.3 is 0 Å². The molecule has 2 aromatic carbocycles. The van der Waals surface area contributed by atoms with Crippen LogP contribution in [0.4, 0.5) is 11.4 Å². The molecule has 0 spiro atoms. The maximum atomic E-state index is 12.5. The SMILES string of the molecule is Cc1ccccc1NC(=O)CC1SC(=Nc2cccc(Cl)c2Cl)N(C)C1=O. The van der Waals surface area contributed by atoms with Gasteiger partial charge in [-0.1, -0.05) is 59.2 Å². The Morgan fingerprint density at radius 3 is 2.70 bits per heavy atom. The Labute approximate surface area is 171 Å². The highest BCUT2D eigenvalue weighted by atomic mass is 35.5. The van der Waals surface area contributed by atoms with E-state index in [0.717, 1.165) is 11.3 Å². The Balaban J connectivity index is 1.72. The van der Waals surface area contributed by atoms with Crippen molar-refractivity contribution in [3.63, 3.8) is 0 Å². The molecule has 140 valence electrons. The number of nitrogens with one attached hydrogen (secondary N) is 1. The summed E-state index contributed by atoms with van der Waals surface area (Å²) in [6.45, 7) is 1.92. The van der Waals surface area contributed by atoms with E-state index in [0.29, 0.717) is 20.9 Å². The minimum absolute atomic E-state index is 0.0600. The molecule has 1 saturated heterocycles. The van der Waals surface area contributed by atoms with Crippen LogP contribution in [0.5, 0.6) is 0 Å². The van der Waals surface area contributed by atoms with Crippen LogP contribution in [0.1, 0.15) is 12.0 Å². The zero-order chi connectivity index (χ0) is 19.6. The highest BCUT2D eigenvalue weighted by Crippen LogP contribution is 2.35. The van der Waals surface area contributed by atoms with Crippen LogP contribution in [-0.4, -0.2) is 34.2 Å². The predicted octanol–water partition coefficient (Wildman–Crippen LogP) is 4.89. The molecule has 3 rings (SSSR count). The maximum absolute atomic E-state index is 12.5. The van der Waals surface area contributed by atoms with Crippen LogP contribution in [0.25, 0.3) is 0 Å². The molecular formula is C19H17Cl2N3O2S. The first-order valence-corrected chi connectivity index (χ1v) is 9.83. The van der Waals surface area contributed by atoms with Crippen molar-refractivity contribution in [2.75, 3.05) is 12.4 Å². The van der Waals surface area contributed by atoms with Gasteiger partial charge < -0.3 is 5.32 Å². The summed E-state index contributed by atoms with van der Waals surface area (Å²) in [5, 5.41) is 3.53. The first-order chi connectivity index (χ1) is 12.9. The third-order valence-corrected chi connectivity index (χ3v) is 6.12. The predicted molar refractivity (Wildman–Crippen MR) is 112 cm³/mol. The third-order valence-electron chi connectivity index (χ3n) is 4.08. The van der Waals surface area contributed by atoms with Gasteiger partial charge in [0.05, 0.1) is 15.7 Å². The fourth-order valence-electron chi connectivity index (χ4n) is 2.56. The van der Waals surface area contributed by atoms with Crippen molar-refractivity contribution in [1.82, 2.24) is 4.90 Å². The highest BCUT2D eigenvalue weighted by molar-refractivity contribution is 8.15. The number of hydrogen-bond acceptors (Lipinski definition) is 4. The molecule has 1 atom stereocenters. The van der Waals surface area contributed by atoms with Crippen molar-refractivity contribution in [2.24, 2.45) is 4.99 Å². The van der Waals surface area contributed by atoms with Crippen molar-refractivity contribution in [1.29, 1.82) is 0 Å². The molecule has 1 fully saturated rings. The number of amidine groups is 1. The molecular weight excluding hydrogens is 405 g/mol. The molecule has 1 N–H and O–H groups in total. The van der Waals surface area contributed by atoms with Gasteiger partial charge in [0.2, 0.25) is 11.8 Å². The zero-order valence-corrected chi connectivity index (χ0v) is 17.0. The molecule has 1 unspecified atom stereocenters. The van der Waals surface area contributed by atoms with Gasteiger partial charge in [0.25, 0.3) is 0 Å². The number of rotatable bonds is 4. The average molecular weight is 422 g/mol. The lowest BCUT2D eigenvalue weighted by atomic mass is 10.2. The first-order valence-electron chi connectivity index (χ1n) is 8.19. The van der Waals surface area contributed by atoms with Crippen LogP contribution < -0.4 is 5.32 Å². The summed E-state index contributed by atoms with van der Waals surface area (Å²) < 4.78 is 0. The lowest BCUT2D eigenvalue weighted by Gasteiger charge is -2.10. The second-order valence-electron chi connectivity index (χ2n) is 6.04. The molecule has 1 aliphatic rings. The Kier molecular flexibility index (Phi) is 6.09. The number of anilines is 1. The van der Waals surface area contributed by atoms with Crippen LogP contribution in [0.15, 0.2) is 47.5 Å². The fourth-order valence-corrected chi connectivity index (χ4v) is 4.05. The average Bonchev–Trinajstić information content (AvgIpc) is 2.89. The summed E-state index contributed by atoms with van der Waals surface area (Å²) in [5.74, 6) is -0.387. The molecule has 0 aromatic heterocycles. The van der Waals surface area contributed by atoms with Gasteiger partial charge in [0.15, 0.2) is 5.17 Å². The first kappa shape index (κ1) is 19.7. The van der Waals surface area contributed by atoms with Crippen LogP contribution in [0, 0.1) is 6.92 Å². The van der Waals surface area contributed by atoms with Crippen LogP contribution in [0.3, 0.4) is 0 Å². The van der Waals surface area contributed by atoms with E-state index in [2.05, 4.69) is 10.3 Å². The molecule has 2 amide bonds. The number of benzene rings is 2.